The van der Waals surface area contributed by atoms with Crippen molar-refractivity contribution in [2.45, 2.75) is 13.3 Å². The van der Waals surface area contributed by atoms with Gasteiger partial charge in [-0.2, -0.15) is 4.98 Å². The first-order valence-electron chi connectivity index (χ1n) is 8.45. The molecule has 1 fully saturated rings. The average molecular weight is 336 g/mol. The van der Waals surface area contributed by atoms with Crippen molar-refractivity contribution in [3.63, 3.8) is 0 Å². The molecule has 7 heteroatoms. The third-order valence-electron chi connectivity index (χ3n) is 4.56. The molecule has 128 valence electrons. The Bertz CT molecular complexity index is 864. The predicted octanol–water partition coefficient (Wildman–Crippen LogP) is 1.32. The summed E-state index contributed by atoms with van der Waals surface area (Å²) < 4.78 is 1.60. The zero-order valence-corrected chi connectivity index (χ0v) is 14.2. The molecule has 3 aromatic rings. The van der Waals surface area contributed by atoms with Gasteiger partial charge in [-0.1, -0.05) is 18.2 Å². The van der Waals surface area contributed by atoms with E-state index in [0.29, 0.717) is 11.6 Å². The van der Waals surface area contributed by atoms with Gasteiger partial charge in [-0.25, -0.2) is 9.50 Å². The number of carbonyl (C=O) groups excluding carboxylic acids is 1. The minimum Gasteiger partial charge on any atom is -0.368 e. The van der Waals surface area contributed by atoms with Gasteiger partial charge in [0.1, 0.15) is 0 Å². The van der Waals surface area contributed by atoms with E-state index in [1.165, 1.54) is 11.3 Å². The summed E-state index contributed by atoms with van der Waals surface area (Å²) >= 11 is 0. The molecule has 0 unspecified atom stereocenters. The monoisotopic (exact) mass is 336 g/mol. The topological polar surface area (TPSA) is 66.6 Å². The van der Waals surface area contributed by atoms with Crippen molar-refractivity contribution in [3.05, 3.63) is 54.1 Å². The third kappa shape index (κ3) is 3.17. The first kappa shape index (κ1) is 15.6. The molecule has 1 amide bonds. The number of piperazine rings is 1. The highest BCUT2D eigenvalue weighted by Crippen LogP contribution is 2.20. The maximum absolute atomic E-state index is 12.6. The van der Waals surface area contributed by atoms with E-state index in [2.05, 4.69) is 51.2 Å². The quantitative estimate of drug-likeness (QED) is 0.722. The molecule has 0 aliphatic carbocycles. The highest BCUT2D eigenvalue weighted by Gasteiger charge is 2.23. The predicted molar refractivity (Wildman–Crippen MR) is 94.5 cm³/mol. The lowest BCUT2D eigenvalue weighted by Crippen LogP contribution is -2.49. The van der Waals surface area contributed by atoms with Crippen molar-refractivity contribution in [2.24, 2.45) is 0 Å². The van der Waals surface area contributed by atoms with Crippen LogP contribution in [0.1, 0.15) is 11.4 Å². The fourth-order valence-corrected chi connectivity index (χ4v) is 3.21. The molecule has 1 aliphatic rings. The summed E-state index contributed by atoms with van der Waals surface area (Å²) in [6.07, 6.45) is 3.67. The van der Waals surface area contributed by atoms with Crippen LogP contribution >= 0.6 is 0 Å². The molecule has 1 aromatic carbocycles. The zero-order valence-electron chi connectivity index (χ0n) is 14.2. The molecule has 25 heavy (non-hydrogen) atoms. The summed E-state index contributed by atoms with van der Waals surface area (Å²) in [7, 11) is 0. The van der Waals surface area contributed by atoms with Gasteiger partial charge in [0.05, 0.1) is 6.42 Å². The molecule has 3 heterocycles. The SMILES string of the molecule is Cc1ccccc1N1CCN(C(=O)Cc2nc3ncccn3n2)CC1. The van der Waals surface area contributed by atoms with Crippen molar-refractivity contribution in [1.82, 2.24) is 24.5 Å². The molecule has 1 aliphatic heterocycles. The van der Waals surface area contributed by atoms with Crippen LogP contribution in [0.15, 0.2) is 42.7 Å². The number of anilines is 1. The number of fused-ring (bicyclic) bond motifs is 1. The van der Waals surface area contributed by atoms with Crippen molar-refractivity contribution in [2.75, 3.05) is 31.1 Å². The summed E-state index contributed by atoms with van der Waals surface area (Å²) in [5.74, 6) is 1.11. The van der Waals surface area contributed by atoms with E-state index in [1.54, 1.807) is 23.0 Å². The van der Waals surface area contributed by atoms with Crippen molar-refractivity contribution in [3.8, 4) is 0 Å². The van der Waals surface area contributed by atoms with E-state index in [-0.39, 0.29) is 12.3 Å². The van der Waals surface area contributed by atoms with E-state index in [0.717, 1.165) is 26.2 Å². The van der Waals surface area contributed by atoms with Gasteiger partial charge >= 0.3 is 0 Å². The summed E-state index contributed by atoms with van der Waals surface area (Å²) in [4.78, 5) is 25.2. The number of carbonyl (C=O) groups is 1. The van der Waals surface area contributed by atoms with Crippen LogP contribution < -0.4 is 4.90 Å². The lowest BCUT2D eigenvalue weighted by atomic mass is 10.1. The van der Waals surface area contributed by atoms with Gasteiger partial charge in [0, 0.05) is 44.3 Å². The number of benzene rings is 1. The van der Waals surface area contributed by atoms with Crippen molar-refractivity contribution >= 4 is 17.4 Å². The Hall–Kier alpha value is -2.96. The molecule has 0 atom stereocenters. The van der Waals surface area contributed by atoms with Gasteiger partial charge in [-0.3, -0.25) is 4.79 Å². The van der Waals surface area contributed by atoms with Gasteiger partial charge in [0.25, 0.3) is 5.78 Å². The Morgan fingerprint density at radius 1 is 1.12 bits per heavy atom. The van der Waals surface area contributed by atoms with Crippen LogP contribution in [0.3, 0.4) is 0 Å². The Labute approximate surface area is 145 Å². The van der Waals surface area contributed by atoms with Crippen LogP contribution in [0.4, 0.5) is 5.69 Å². The molecular formula is C18H20N6O. The minimum absolute atomic E-state index is 0.0698. The maximum atomic E-state index is 12.6. The lowest BCUT2D eigenvalue weighted by molar-refractivity contribution is -0.130. The second-order valence-electron chi connectivity index (χ2n) is 6.22. The smallest absolute Gasteiger partial charge is 0.252 e. The molecule has 1 saturated heterocycles. The molecule has 7 nitrogen and oxygen atoms in total. The number of rotatable bonds is 3. The standard InChI is InChI=1S/C18H20N6O/c1-14-5-2-3-6-15(14)22-9-11-23(12-10-22)17(25)13-16-20-18-19-7-4-8-24(18)21-16/h2-8H,9-13H2,1H3. The Morgan fingerprint density at radius 2 is 1.92 bits per heavy atom. The second-order valence-corrected chi connectivity index (χ2v) is 6.22. The molecule has 0 N–H and O–H groups in total. The maximum Gasteiger partial charge on any atom is 0.252 e. The van der Waals surface area contributed by atoms with E-state index in [9.17, 15) is 4.79 Å². The number of hydrogen-bond acceptors (Lipinski definition) is 5. The summed E-state index contributed by atoms with van der Waals surface area (Å²) in [6, 6.07) is 10.2. The first-order valence-corrected chi connectivity index (χ1v) is 8.45. The lowest BCUT2D eigenvalue weighted by Gasteiger charge is -2.36. The van der Waals surface area contributed by atoms with Gasteiger partial charge in [0.2, 0.25) is 5.91 Å². The molecule has 0 radical (unpaired) electrons. The van der Waals surface area contributed by atoms with Gasteiger partial charge in [-0.05, 0) is 24.6 Å². The fourth-order valence-electron chi connectivity index (χ4n) is 3.21. The number of aromatic nitrogens is 4. The number of aryl methyl sites for hydroxylation is 1. The minimum atomic E-state index is 0.0698. The Balaban J connectivity index is 1.39. The van der Waals surface area contributed by atoms with Crippen molar-refractivity contribution < 1.29 is 4.79 Å². The highest BCUT2D eigenvalue weighted by molar-refractivity contribution is 5.78. The number of nitrogens with zero attached hydrogens (tertiary/aromatic N) is 6. The molecular weight excluding hydrogens is 316 g/mol. The Kier molecular flexibility index (Phi) is 4.05. The van der Waals surface area contributed by atoms with Crippen molar-refractivity contribution in [1.29, 1.82) is 0 Å². The summed E-state index contributed by atoms with van der Waals surface area (Å²) in [6.45, 7) is 5.25. The molecule has 0 spiro atoms. The average Bonchev–Trinajstić information content (AvgIpc) is 3.04. The fraction of sp³-hybridized carbons (Fsp3) is 0.333. The van der Waals surface area contributed by atoms with Gasteiger partial charge < -0.3 is 9.80 Å². The second kappa shape index (κ2) is 6.51. The normalized spacial score (nSPS) is 14.9. The zero-order chi connectivity index (χ0) is 17.2. The van der Waals surface area contributed by atoms with E-state index in [4.69, 9.17) is 0 Å². The Morgan fingerprint density at radius 3 is 2.68 bits per heavy atom. The summed E-state index contributed by atoms with van der Waals surface area (Å²) in [5.41, 5.74) is 2.52. The van der Waals surface area contributed by atoms with E-state index >= 15 is 0 Å². The molecule has 0 saturated carbocycles. The van der Waals surface area contributed by atoms with Gasteiger partial charge in [-0.15, -0.1) is 5.10 Å². The number of hydrogen-bond donors (Lipinski definition) is 0. The first-order chi connectivity index (χ1) is 12.2. The van der Waals surface area contributed by atoms with Crippen LogP contribution in [-0.2, 0) is 11.2 Å². The van der Waals surface area contributed by atoms with Crippen LogP contribution in [0.25, 0.3) is 5.78 Å². The van der Waals surface area contributed by atoms with E-state index in [1.807, 2.05) is 4.90 Å². The number of amides is 1. The van der Waals surface area contributed by atoms with Gasteiger partial charge in [0.15, 0.2) is 5.82 Å². The highest BCUT2D eigenvalue weighted by atomic mass is 16.2. The molecule has 2 aromatic heterocycles. The molecule has 4 rings (SSSR count). The van der Waals surface area contributed by atoms with Crippen LogP contribution in [-0.4, -0.2) is 56.6 Å². The largest absolute Gasteiger partial charge is 0.368 e. The van der Waals surface area contributed by atoms with E-state index < -0.39 is 0 Å². The third-order valence-corrected chi connectivity index (χ3v) is 4.56. The van der Waals surface area contributed by atoms with Crippen LogP contribution in [0, 0.1) is 6.92 Å². The number of para-hydroxylation sites is 1. The summed E-state index contributed by atoms with van der Waals surface area (Å²) in [5, 5.41) is 4.31. The molecule has 0 bridgehead atoms. The van der Waals surface area contributed by atoms with Crippen LogP contribution in [0.2, 0.25) is 0 Å². The van der Waals surface area contributed by atoms with Crippen LogP contribution in [0.5, 0.6) is 0 Å².